The largest absolute Gasteiger partial charge is 0.352 e. The molecule has 0 aliphatic heterocycles. The fourth-order valence-electron chi connectivity index (χ4n) is 2.03. The van der Waals surface area contributed by atoms with E-state index in [2.05, 4.69) is 37.2 Å². The van der Waals surface area contributed by atoms with Crippen molar-refractivity contribution in [2.45, 2.75) is 24.6 Å². The molecule has 0 spiro atoms. The number of rotatable bonds is 3. The van der Waals surface area contributed by atoms with Crippen LogP contribution < -0.4 is 5.32 Å². The molecule has 0 aromatic carbocycles. The predicted molar refractivity (Wildman–Crippen MR) is 79.0 cm³/mol. The molecule has 1 aliphatic rings. The zero-order chi connectivity index (χ0) is 12.4. The first kappa shape index (κ1) is 13.8. The number of amides is 1. The fourth-order valence-corrected chi connectivity index (χ4v) is 5.20. The van der Waals surface area contributed by atoms with Crippen molar-refractivity contribution >= 4 is 60.7 Å². The normalized spacial score (nSPS) is 23.9. The second-order valence-electron chi connectivity index (χ2n) is 4.22. The molecule has 0 saturated heterocycles. The monoisotopic (exact) mass is 399 g/mol. The lowest BCUT2D eigenvalue weighted by atomic mass is 10.1. The molecule has 2 atom stereocenters. The van der Waals surface area contributed by atoms with Gasteiger partial charge in [0.1, 0.15) is 0 Å². The van der Waals surface area contributed by atoms with E-state index in [4.69, 9.17) is 11.6 Å². The Bertz CT molecular complexity index is 424. The first-order chi connectivity index (χ1) is 8.06. The number of thiophene rings is 1. The molecule has 1 aromatic rings. The summed E-state index contributed by atoms with van der Waals surface area (Å²) in [6, 6.07) is 1.84. The molecule has 94 valence electrons. The van der Waals surface area contributed by atoms with Crippen molar-refractivity contribution in [3.8, 4) is 0 Å². The van der Waals surface area contributed by atoms with Gasteiger partial charge in [-0.25, -0.2) is 0 Å². The topological polar surface area (TPSA) is 29.1 Å². The first-order valence-corrected chi connectivity index (χ1v) is 8.27. The van der Waals surface area contributed by atoms with E-state index in [0.717, 1.165) is 33.4 Å². The van der Waals surface area contributed by atoms with Crippen LogP contribution in [0.15, 0.2) is 13.6 Å². The van der Waals surface area contributed by atoms with Gasteiger partial charge in [0.25, 0.3) is 5.91 Å². The van der Waals surface area contributed by atoms with E-state index in [9.17, 15) is 4.79 Å². The molecule has 17 heavy (non-hydrogen) atoms. The molecule has 0 bridgehead atoms. The average Bonchev–Trinajstić information content (AvgIpc) is 2.81. The maximum atomic E-state index is 11.9. The van der Waals surface area contributed by atoms with Gasteiger partial charge in [-0.05, 0) is 63.1 Å². The van der Waals surface area contributed by atoms with Crippen LogP contribution in [-0.2, 0) is 0 Å². The molecular weight excluding hydrogens is 389 g/mol. The Kier molecular flexibility index (Phi) is 4.92. The summed E-state index contributed by atoms with van der Waals surface area (Å²) in [6.45, 7) is 0.724. The Morgan fingerprint density at radius 2 is 2.29 bits per heavy atom. The number of hydrogen-bond donors (Lipinski definition) is 1. The van der Waals surface area contributed by atoms with E-state index in [0.29, 0.717) is 16.9 Å². The van der Waals surface area contributed by atoms with E-state index >= 15 is 0 Å². The van der Waals surface area contributed by atoms with Gasteiger partial charge in [-0.2, -0.15) is 0 Å². The summed E-state index contributed by atoms with van der Waals surface area (Å²) < 4.78 is 1.82. The summed E-state index contributed by atoms with van der Waals surface area (Å²) in [7, 11) is 0. The number of nitrogens with one attached hydrogen (secondary N) is 1. The van der Waals surface area contributed by atoms with Crippen LogP contribution in [0.1, 0.15) is 29.6 Å². The molecule has 2 nitrogen and oxygen atoms in total. The van der Waals surface area contributed by atoms with Gasteiger partial charge in [-0.3, -0.25) is 4.79 Å². The molecule has 1 aliphatic carbocycles. The van der Waals surface area contributed by atoms with Crippen LogP contribution in [0.25, 0.3) is 0 Å². The molecule has 0 radical (unpaired) electrons. The van der Waals surface area contributed by atoms with Crippen LogP contribution in [0.4, 0.5) is 0 Å². The van der Waals surface area contributed by atoms with Crippen molar-refractivity contribution in [1.29, 1.82) is 0 Å². The summed E-state index contributed by atoms with van der Waals surface area (Å²) in [5.74, 6) is 0.513. The van der Waals surface area contributed by atoms with E-state index in [1.165, 1.54) is 11.3 Å². The third kappa shape index (κ3) is 3.69. The van der Waals surface area contributed by atoms with Crippen molar-refractivity contribution in [3.05, 3.63) is 19.2 Å². The van der Waals surface area contributed by atoms with Gasteiger partial charge < -0.3 is 5.32 Å². The van der Waals surface area contributed by atoms with Gasteiger partial charge in [0.15, 0.2) is 0 Å². The highest BCUT2D eigenvalue weighted by Crippen LogP contribution is 2.32. The standard InChI is InChI=1S/C11H12Br2ClNOS/c12-9-4-8(10(13)17-9)11(16)15-5-6-1-2-7(14)3-6/h4,6-7H,1-3,5H2,(H,15,16). The third-order valence-electron chi connectivity index (χ3n) is 2.93. The Balaban J connectivity index is 1.87. The van der Waals surface area contributed by atoms with Crippen LogP contribution in [0.3, 0.4) is 0 Å². The molecule has 1 amide bonds. The Labute approximate surface area is 126 Å². The lowest BCUT2D eigenvalue weighted by Crippen LogP contribution is -2.28. The maximum absolute atomic E-state index is 11.9. The number of carbonyl (C=O) groups is 1. The minimum absolute atomic E-state index is 0.0168. The van der Waals surface area contributed by atoms with Gasteiger partial charge in [-0.15, -0.1) is 22.9 Å². The second-order valence-corrected chi connectivity index (χ2v) is 8.59. The van der Waals surface area contributed by atoms with E-state index in [1.807, 2.05) is 6.07 Å². The van der Waals surface area contributed by atoms with Crippen molar-refractivity contribution in [2.75, 3.05) is 6.54 Å². The second kappa shape index (κ2) is 6.04. The van der Waals surface area contributed by atoms with Crippen molar-refractivity contribution < 1.29 is 4.79 Å². The Morgan fingerprint density at radius 3 is 2.82 bits per heavy atom. The van der Waals surface area contributed by atoms with Gasteiger partial charge in [0.2, 0.25) is 0 Å². The summed E-state index contributed by atoms with van der Waals surface area (Å²) in [5, 5.41) is 3.26. The van der Waals surface area contributed by atoms with Crippen molar-refractivity contribution in [2.24, 2.45) is 5.92 Å². The Hall–Kier alpha value is 0.420. The van der Waals surface area contributed by atoms with E-state index < -0.39 is 0 Å². The summed E-state index contributed by atoms with van der Waals surface area (Å²) in [4.78, 5) is 11.9. The molecule has 1 aromatic heterocycles. The van der Waals surface area contributed by atoms with E-state index in [-0.39, 0.29) is 5.91 Å². The zero-order valence-electron chi connectivity index (χ0n) is 9.01. The minimum atomic E-state index is -0.0168. The van der Waals surface area contributed by atoms with Crippen molar-refractivity contribution in [1.82, 2.24) is 5.32 Å². The molecule has 1 N–H and O–H groups in total. The van der Waals surface area contributed by atoms with Crippen LogP contribution >= 0.6 is 54.8 Å². The highest BCUT2D eigenvalue weighted by molar-refractivity contribution is 9.12. The average molecular weight is 402 g/mol. The first-order valence-electron chi connectivity index (χ1n) is 5.43. The Morgan fingerprint density at radius 1 is 1.53 bits per heavy atom. The fraction of sp³-hybridized carbons (Fsp3) is 0.545. The molecule has 2 unspecified atom stereocenters. The van der Waals surface area contributed by atoms with Gasteiger partial charge >= 0.3 is 0 Å². The zero-order valence-corrected chi connectivity index (χ0v) is 13.8. The third-order valence-corrected chi connectivity index (χ3v) is 5.67. The summed E-state index contributed by atoms with van der Waals surface area (Å²) in [6.07, 6.45) is 3.19. The van der Waals surface area contributed by atoms with Crippen LogP contribution in [0, 0.1) is 5.92 Å². The predicted octanol–water partition coefficient (Wildman–Crippen LogP) is 4.41. The number of halogens is 3. The van der Waals surface area contributed by atoms with Gasteiger partial charge in [0, 0.05) is 11.9 Å². The highest BCUT2D eigenvalue weighted by Gasteiger charge is 2.23. The molecule has 1 saturated carbocycles. The minimum Gasteiger partial charge on any atom is -0.352 e. The van der Waals surface area contributed by atoms with E-state index in [1.54, 1.807) is 0 Å². The van der Waals surface area contributed by atoms with Crippen LogP contribution in [0.5, 0.6) is 0 Å². The summed E-state index contributed by atoms with van der Waals surface area (Å²) >= 11 is 14.3. The number of hydrogen-bond acceptors (Lipinski definition) is 2. The van der Waals surface area contributed by atoms with Crippen LogP contribution in [0.2, 0.25) is 0 Å². The van der Waals surface area contributed by atoms with Gasteiger partial charge in [0.05, 0.1) is 13.1 Å². The SMILES string of the molecule is O=C(NCC1CCC(Cl)C1)c1cc(Br)sc1Br. The number of alkyl halides is 1. The number of carbonyl (C=O) groups excluding carboxylic acids is 1. The molecule has 6 heteroatoms. The quantitative estimate of drug-likeness (QED) is 0.747. The molecule has 2 rings (SSSR count). The molecular formula is C11H12Br2ClNOS. The smallest absolute Gasteiger partial charge is 0.253 e. The summed E-state index contributed by atoms with van der Waals surface area (Å²) in [5.41, 5.74) is 0.697. The molecule has 1 heterocycles. The lowest BCUT2D eigenvalue weighted by Gasteiger charge is -2.10. The van der Waals surface area contributed by atoms with Crippen LogP contribution in [-0.4, -0.2) is 17.8 Å². The molecule has 1 fully saturated rings. The maximum Gasteiger partial charge on any atom is 0.253 e. The highest BCUT2D eigenvalue weighted by atomic mass is 79.9. The van der Waals surface area contributed by atoms with Gasteiger partial charge in [-0.1, -0.05) is 0 Å². The van der Waals surface area contributed by atoms with Crippen molar-refractivity contribution in [3.63, 3.8) is 0 Å². The lowest BCUT2D eigenvalue weighted by molar-refractivity contribution is 0.0947.